The molecule has 0 bridgehead atoms. The Morgan fingerprint density at radius 2 is 2.00 bits per heavy atom. The van der Waals surface area contributed by atoms with Gasteiger partial charge in [-0.25, -0.2) is 14.4 Å². The van der Waals surface area contributed by atoms with Crippen molar-refractivity contribution >= 4 is 11.9 Å². The lowest BCUT2D eigenvalue weighted by atomic mass is 10.1. The first-order valence-electron chi connectivity index (χ1n) is 5.58. The molecule has 1 aromatic carbocycles. The zero-order valence-corrected chi connectivity index (χ0v) is 10.3. The summed E-state index contributed by atoms with van der Waals surface area (Å²) in [5.41, 5.74) is 1.00. The van der Waals surface area contributed by atoms with E-state index in [9.17, 15) is 9.18 Å². The van der Waals surface area contributed by atoms with Gasteiger partial charge in [-0.3, -0.25) is 4.79 Å². The lowest BCUT2D eigenvalue weighted by molar-refractivity contribution is -0.138. The molecule has 1 heterocycles. The maximum Gasteiger partial charge on any atom is 0.325 e. The van der Waals surface area contributed by atoms with Crippen LogP contribution in [0.1, 0.15) is 0 Å². The average molecular weight is 261 g/mol. The van der Waals surface area contributed by atoms with E-state index in [0.29, 0.717) is 11.1 Å². The number of hydrogen-bond donors (Lipinski definition) is 1. The van der Waals surface area contributed by atoms with Crippen molar-refractivity contribution in [3.05, 3.63) is 42.5 Å². The molecule has 0 aliphatic heterocycles. The first-order valence-corrected chi connectivity index (χ1v) is 5.58. The van der Waals surface area contributed by atoms with Gasteiger partial charge in [-0.15, -0.1) is 0 Å². The Balaban J connectivity index is 2.11. The molecule has 1 aromatic heterocycles. The van der Waals surface area contributed by atoms with Crippen LogP contribution in [0.4, 0.5) is 10.3 Å². The molecule has 2 aromatic rings. The standard InChI is InChI=1S/C13H12FN3O2/c1-19-12(18)8-17-13-15-6-9(7-16-13)10-4-2-3-5-11(10)14/h2-7H,8H2,1H3,(H,15,16,17). The van der Waals surface area contributed by atoms with Gasteiger partial charge in [0.1, 0.15) is 12.4 Å². The molecule has 6 heteroatoms. The topological polar surface area (TPSA) is 64.1 Å². The summed E-state index contributed by atoms with van der Waals surface area (Å²) in [7, 11) is 1.30. The summed E-state index contributed by atoms with van der Waals surface area (Å²) >= 11 is 0. The monoisotopic (exact) mass is 261 g/mol. The van der Waals surface area contributed by atoms with Crippen LogP contribution in [-0.4, -0.2) is 29.6 Å². The van der Waals surface area contributed by atoms with Gasteiger partial charge in [-0.1, -0.05) is 18.2 Å². The maximum atomic E-state index is 13.5. The Morgan fingerprint density at radius 1 is 1.32 bits per heavy atom. The summed E-state index contributed by atoms with van der Waals surface area (Å²) in [4.78, 5) is 18.9. The molecule has 1 N–H and O–H groups in total. The molecule has 0 saturated heterocycles. The third kappa shape index (κ3) is 3.25. The normalized spacial score (nSPS) is 10.0. The number of ether oxygens (including phenoxy) is 1. The molecule has 98 valence electrons. The number of hydrogen-bond acceptors (Lipinski definition) is 5. The summed E-state index contributed by atoms with van der Waals surface area (Å²) < 4.78 is 18.0. The molecule has 0 amide bonds. The van der Waals surface area contributed by atoms with Gasteiger partial charge < -0.3 is 10.1 Å². The van der Waals surface area contributed by atoms with Gasteiger partial charge in [0.2, 0.25) is 5.95 Å². The smallest absolute Gasteiger partial charge is 0.325 e. The highest BCUT2D eigenvalue weighted by Crippen LogP contribution is 2.21. The molecule has 0 aliphatic rings. The number of methoxy groups -OCH3 is 1. The molecular formula is C13H12FN3O2. The summed E-state index contributed by atoms with van der Waals surface area (Å²) in [6.45, 7) is -0.0183. The van der Waals surface area contributed by atoms with Crippen LogP contribution < -0.4 is 5.32 Å². The molecule has 0 fully saturated rings. The fraction of sp³-hybridized carbons (Fsp3) is 0.154. The van der Waals surface area contributed by atoms with E-state index in [0.717, 1.165) is 0 Å². The Kier molecular flexibility index (Phi) is 4.02. The van der Waals surface area contributed by atoms with Gasteiger partial charge in [-0.05, 0) is 6.07 Å². The summed E-state index contributed by atoms with van der Waals surface area (Å²) in [6, 6.07) is 6.38. The quantitative estimate of drug-likeness (QED) is 0.851. The Labute approximate surface area is 109 Å². The van der Waals surface area contributed by atoms with Crippen molar-refractivity contribution in [2.24, 2.45) is 0 Å². The third-order valence-corrected chi connectivity index (χ3v) is 2.46. The van der Waals surface area contributed by atoms with Crippen LogP contribution in [0.2, 0.25) is 0 Å². The molecule has 0 atom stereocenters. The maximum absolute atomic E-state index is 13.5. The van der Waals surface area contributed by atoms with Gasteiger partial charge in [0.05, 0.1) is 7.11 Å². The van der Waals surface area contributed by atoms with Crippen LogP contribution in [0.15, 0.2) is 36.7 Å². The van der Waals surface area contributed by atoms with Crippen LogP contribution in [0.5, 0.6) is 0 Å². The Morgan fingerprint density at radius 3 is 2.63 bits per heavy atom. The van der Waals surface area contributed by atoms with Crippen LogP contribution in [0.3, 0.4) is 0 Å². The van der Waals surface area contributed by atoms with Gasteiger partial charge in [0, 0.05) is 23.5 Å². The van der Waals surface area contributed by atoms with Crippen molar-refractivity contribution in [2.75, 3.05) is 19.0 Å². The zero-order chi connectivity index (χ0) is 13.7. The number of benzene rings is 1. The van der Waals surface area contributed by atoms with Crippen molar-refractivity contribution in [3.63, 3.8) is 0 Å². The van der Waals surface area contributed by atoms with E-state index < -0.39 is 5.97 Å². The number of anilines is 1. The number of carbonyl (C=O) groups is 1. The van der Waals surface area contributed by atoms with E-state index in [1.807, 2.05) is 0 Å². The van der Waals surface area contributed by atoms with Gasteiger partial charge in [-0.2, -0.15) is 0 Å². The lowest BCUT2D eigenvalue weighted by Crippen LogP contribution is -2.16. The minimum atomic E-state index is -0.415. The number of aromatic nitrogens is 2. The first kappa shape index (κ1) is 12.9. The van der Waals surface area contributed by atoms with Crippen molar-refractivity contribution in [2.45, 2.75) is 0 Å². The SMILES string of the molecule is COC(=O)CNc1ncc(-c2ccccc2F)cn1. The molecule has 0 radical (unpaired) electrons. The van der Waals surface area contributed by atoms with Crippen molar-refractivity contribution in [1.82, 2.24) is 9.97 Å². The second kappa shape index (κ2) is 5.90. The molecule has 0 unspecified atom stereocenters. The number of carbonyl (C=O) groups excluding carboxylic acids is 1. The summed E-state index contributed by atoms with van der Waals surface area (Å²) in [6.07, 6.45) is 2.98. The van der Waals surface area contributed by atoms with Crippen molar-refractivity contribution in [1.29, 1.82) is 0 Å². The highest BCUT2D eigenvalue weighted by Gasteiger charge is 2.06. The largest absolute Gasteiger partial charge is 0.468 e. The highest BCUT2D eigenvalue weighted by molar-refractivity contribution is 5.74. The minimum absolute atomic E-state index is 0.0183. The lowest BCUT2D eigenvalue weighted by Gasteiger charge is -2.05. The fourth-order valence-corrected chi connectivity index (χ4v) is 1.48. The van der Waals surface area contributed by atoms with E-state index in [4.69, 9.17) is 0 Å². The van der Waals surface area contributed by atoms with E-state index in [-0.39, 0.29) is 18.3 Å². The van der Waals surface area contributed by atoms with Gasteiger partial charge in [0.25, 0.3) is 0 Å². The molecule has 19 heavy (non-hydrogen) atoms. The predicted octanol–water partition coefficient (Wildman–Crippen LogP) is 1.87. The molecule has 2 rings (SSSR count). The zero-order valence-electron chi connectivity index (χ0n) is 10.3. The third-order valence-electron chi connectivity index (χ3n) is 2.46. The molecule has 0 saturated carbocycles. The molecule has 0 spiro atoms. The second-order valence-corrected chi connectivity index (χ2v) is 3.70. The van der Waals surface area contributed by atoms with E-state index in [2.05, 4.69) is 20.0 Å². The highest BCUT2D eigenvalue weighted by atomic mass is 19.1. The number of esters is 1. The van der Waals surface area contributed by atoms with Crippen LogP contribution in [0.25, 0.3) is 11.1 Å². The Bertz CT molecular complexity index is 572. The molecule has 5 nitrogen and oxygen atoms in total. The Hall–Kier alpha value is -2.50. The molecule has 0 aliphatic carbocycles. The summed E-state index contributed by atoms with van der Waals surface area (Å²) in [5.74, 6) is -0.464. The van der Waals surface area contributed by atoms with Crippen molar-refractivity contribution in [3.8, 4) is 11.1 Å². The number of rotatable bonds is 4. The van der Waals surface area contributed by atoms with Crippen molar-refractivity contribution < 1.29 is 13.9 Å². The molecular weight excluding hydrogens is 249 g/mol. The van der Waals surface area contributed by atoms with E-state index >= 15 is 0 Å². The second-order valence-electron chi connectivity index (χ2n) is 3.70. The van der Waals surface area contributed by atoms with Crippen LogP contribution in [0, 0.1) is 5.82 Å². The predicted molar refractivity (Wildman–Crippen MR) is 67.9 cm³/mol. The first-order chi connectivity index (χ1) is 9.20. The minimum Gasteiger partial charge on any atom is -0.468 e. The van der Waals surface area contributed by atoms with Gasteiger partial charge in [0.15, 0.2) is 0 Å². The fourth-order valence-electron chi connectivity index (χ4n) is 1.48. The number of halogens is 1. The summed E-state index contributed by atoms with van der Waals surface area (Å²) in [5, 5.41) is 2.70. The van der Waals surface area contributed by atoms with Gasteiger partial charge >= 0.3 is 5.97 Å². The van der Waals surface area contributed by atoms with E-state index in [1.54, 1.807) is 18.2 Å². The van der Waals surface area contributed by atoms with Crippen LogP contribution in [-0.2, 0) is 9.53 Å². The average Bonchev–Trinajstić information content (AvgIpc) is 2.46. The van der Waals surface area contributed by atoms with E-state index in [1.165, 1.54) is 25.6 Å². The number of nitrogens with zero attached hydrogens (tertiary/aromatic N) is 2. The number of nitrogens with one attached hydrogen (secondary N) is 1. The van der Waals surface area contributed by atoms with Crippen LogP contribution >= 0.6 is 0 Å².